The molecule has 0 heterocycles. The zero-order valence-electron chi connectivity index (χ0n) is 11.7. The third kappa shape index (κ3) is 3.07. The first kappa shape index (κ1) is 16.4. The van der Waals surface area contributed by atoms with Gasteiger partial charge in [0, 0.05) is 19.2 Å². The Bertz CT molecular complexity index is 597. The van der Waals surface area contributed by atoms with Crippen molar-refractivity contribution in [3.63, 3.8) is 0 Å². The van der Waals surface area contributed by atoms with E-state index in [4.69, 9.17) is 5.73 Å². The Morgan fingerprint density at radius 2 is 1.90 bits per heavy atom. The Morgan fingerprint density at radius 3 is 2.35 bits per heavy atom. The highest BCUT2D eigenvalue weighted by Crippen LogP contribution is 2.27. The number of nitrogen functional groups attached to an aromatic ring is 1. The lowest BCUT2D eigenvalue weighted by atomic mass is 10.2. The Labute approximate surface area is 118 Å². The molecule has 112 valence electrons. The molecule has 0 fully saturated rings. The van der Waals surface area contributed by atoms with E-state index in [0.717, 1.165) is 6.07 Å². The lowest BCUT2D eigenvalue weighted by molar-refractivity contribution is -0.384. The van der Waals surface area contributed by atoms with E-state index >= 15 is 0 Å². The van der Waals surface area contributed by atoms with E-state index in [1.807, 2.05) is 13.8 Å². The average molecular weight is 301 g/mol. The first-order chi connectivity index (χ1) is 9.25. The maximum absolute atomic E-state index is 12.4. The number of sulfonamides is 1. The number of nitro groups is 1. The quantitative estimate of drug-likeness (QED) is 0.491. The van der Waals surface area contributed by atoms with Crippen molar-refractivity contribution in [3.05, 3.63) is 28.3 Å². The van der Waals surface area contributed by atoms with Gasteiger partial charge in [0.2, 0.25) is 10.0 Å². The molecule has 0 amide bonds. The number of benzene rings is 1. The normalized spacial score (nSPS) is 12.1. The molecule has 0 aliphatic carbocycles. The largest absolute Gasteiger partial charge is 0.393 e. The SMILES string of the molecule is CCC(CC)N(C)S(=O)(=O)c1ccc(N)c([N+](=O)[O-])c1. The Balaban J connectivity index is 3.29. The Kier molecular flexibility index (Phi) is 5.07. The number of rotatable bonds is 6. The van der Waals surface area contributed by atoms with Gasteiger partial charge in [0.15, 0.2) is 0 Å². The van der Waals surface area contributed by atoms with Crippen molar-refractivity contribution < 1.29 is 13.3 Å². The Morgan fingerprint density at radius 1 is 1.35 bits per heavy atom. The van der Waals surface area contributed by atoms with Gasteiger partial charge in [0.25, 0.3) is 5.69 Å². The van der Waals surface area contributed by atoms with Crippen LogP contribution in [0.15, 0.2) is 23.1 Å². The summed E-state index contributed by atoms with van der Waals surface area (Å²) in [5.74, 6) is 0. The van der Waals surface area contributed by atoms with E-state index in [0.29, 0.717) is 12.8 Å². The molecule has 0 bridgehead atoms. The Hall–Kier alpha value is -1.67. The van der Waals surface area contributed by atoms with Gasteiger partial charge in [-0.15, -0.1) is 0 Å². The predicted octanol–water partition coefficient (Wildman–Crippen LogP) is 1.99. The third-order valence-corrected chi connectivity index (χ3v) is 5.24. The van der Waals surface area contributed by atoms with E-state index in [1.165, 1.54) is 23.5 Å². The predicted molar refractivity (Wildman–Crippen MR) is 76.8 cm³/mol. The van der Waals surface area contributed by atoms with Crippen molar-refractivity contribution in [1.29, 1.82) is 0 Å². The zero-order valence-corrected chi connectivity index (χ0v) is 12.6. The summed E-state index contributed by atoms with van der Waals surface area (Å²) in [6.07, 6.45) is 1.34. The number of nitrogens with zero attached hydrogens (tertiary/aromatic N) is 2. The van der Waals surface area contributed by atoms with Crippen molar-refractivity contribution >= 4 is 21.4 Å². The average Bonchev–Trinajstić information content (AvgIpc) is 2.39. The van der Waals surface area contributed by atoms with Crippen molar-refractivity contribution in [2.75, 3.05) is 12.8 Å². The topological polar surface area (TPSA) is 107 Å². The van der Waals surface area contributed by atoms with Crippen LogP contribution in [0, 0.1) is 10.1 Å². The van der Waals surface area contributed by atoms with E-state index < -0.39 is 20.6 Å². The molecule has 0 aromatic heterocycles. The minimum absolute atomic E-state index is 0.0564. The number of nitrogens with two attached hydrogens (primary N) is 1. The number of hydrogen-bond donors (Lipinski definition) is 1. The molecule has 20 heavy (non-hydrogen) atoms. The van der Waals surface area contributed by atoms with Gasteiger partial charge >= 0.3 is 0 Å². The van der Waals surface area contributed by atoms with Crippen molar-refractivity contribution in [2.24, 2.45) is 0 Å². The van der Waals surface area contributed by atoms with Crippen LogP contribution in [0.25, 0.3) is 0 Å². The summed E-state index contributed by atoms with van der Waals surface area (Å²) >= 11 is 0. The lowest BCUT2D eigenvalue weighted by Gasteiger charge is -2.25. The maximum atomic E-state index is 12.4. The highest BCUT2D eigenvalue weighted by molar-refractivity contribution is 7.89. The van der Waals surface area contributed by atoms with Crippen molar-refractivity contribution in [2.45, 2.75) is 37.6 Å². The molecule has 1 aromatic rings. The first-order valence-electron chi connectivity index (χ1n) is 6.27. The van der Waals surface area contributed by atoms with Crippen LogP contribution >= 0.6 is 0 Å². The second-order valence-electron chi connectivity index (χ2n) is 4.47. The summed E-state index contributed by atoms with van der Waals surface area (Å²) < 4.78 is 26.1. The van der Waals surface area contributed by atoms with Gasteiger partial charge in [0.05, 0.1) is 9.82 Å². The fourth-order valence-electron chi connectivity index (χ4n) is 2.01. The molecule has 0 aliphatic rings. The fraction of sp³-hybridized carbons (Fsp3) is 0.500. The van der Waals surface area contributed by atoms with Crippen LogP contribution in [0.5, 0.6) is 0 Å². The van der Waals surface area contributed by atoms with Gasteiger partial charge in [-0.25, -0.2) is 8.42 Å². The smallest absolute Gasteiger partial charge is 0.293 e. The molecule has 7 nitrogen and oxygen atoms in total. The van der Waals surface area contributed by atoms with Crippen LogP contribution in [0.2, 0.25) is 0 Å². The summed E-state index contributed by atoms with van der Waals surface area (Å²) in [6.45, 7) is 3.79. The summed E-state index contributed by atoms with van der Waals surface area (Å²) in [4.78, 5) is 10.0. The molecule has 0 saturated heterocycles. The molecule has 0 unspecified atom stereocenters. The highest BCUT2D eigenvalue weighted by atomic mass is 32.2. The lowest BCUT2D eigenvalue weighted by Crippen LogP contribution is -2.36. The van der Waals surface area contributed by atoms with Gasteiger partial charge in [-0.2, -0.15) is 4.31 Å². The van der Waals surface area contributed by atoms with Gasteiger partial charge < -0.3 is 5.73 Å². The van der Waals surface area contributed by atoms with Crippen LogP contribution in [-0.4, -0.2) is 30.7 Å². The summed E-state index contributed by atoms with van der Waals surface area (Å²) in [6, 6.07) is 3.39. The van der Waals surface area contributed by atoms with Crippen LogP contribution in [0.1, 0.15) is 26.7 Å². The van der Waals surface area contributed by atoms with E-state index in [9.17, 15) is 18.5 Å². The van der Waals surface area contributed by atoms with Crippen LogP contribution < -0.4 is 5.73 Å². The second-order valence-corrected chi connectivity index (χ2v) is 6.47. The van der Waals surface area contributed by atoms with E-state index in [-0.39, 0.29) is 16.6 Å². The minimum atomic E-state index is -3.76. The molecule has 8 heteroatoms. The fourth-order valence-corrected chi connectivity index (χ4v) is 3.53. The van der Waals surface area contributed by atoms with Crippen LogP contribution in [0.3, 0.4) is 0 Å². The molecule has 0 spiro atoms. The number of nitro benzene ring substituents is 1. The monoisotopic (exact) mass is 301 g/mol. The van der Waals surface area contributed by atoms with Crippen LogP contribution in [0.4, 0.5) is 11.4 Å². The second kappa shape index (κ2) is 6.19. The standard InChI is InChI=1S/C12H19N3O4S/c1-4-9(5-2)14(3)20(18,19)10-6-7-11(13)12(8-10)15(16)17/h6-9H,4-5,13H2,1-3H3. The molecular weight excluding hydrogens is 282 g/mol. The minimum Gasteiger partial charge on any atom is -0.393 e. The molecule has 2 N–H and O–H groups in total. The molecule has 0 saturated carbocycles. The molecule has 0 radical (unpaired) electrons. The summed E-state index contributed by atoms with van der Waals surface area (Å²) in [5.41, 5.74) is 5.02. The molecule has 0 atom stereocenters. The zero-order chi connectivity index (χ0) is 15.5. The molecule has 1 aromatic carbocycles. The summed E-state index contributed by atoms with van der Waals surface area (Å²) in [5, 5.41) is 10.8. The molecule has 1 rings (SSSR count). The number of hydrogen-bond acceptors (Lipinski definition) is 5. The van der Waals surface area contributed by atoms with E-state index in [2.05, 4.69) is 0 Å². The van der Waals surface area contributed by atoms with E-state index in [1.54, 1.807) is 0 Å². The maximum Gasteiger partial charge on any atom is 0.293 e. The molecular formula is C12H19N3O4S. The van der Waals surface area contributed by atoms with Gasteiger partial charge in [0.1, 0.15) is 5.69 Å². The molecule has 0 aliphatic heterocycles. The van der Waals surface area contributed by atoms with Gasteiger partial charge in [-0.05, 0) is 25.0 Å². The number of anilines is 1. The van der Waals surface area contributed by atoms with Crippen molar-refractivity contribution in [1.82, 2.24) is 4.31 Å². The van der Waals surface area contributed by atoms with Crippen molar-refractivity contribution in [3.8, 4) is 0 Å². The summed E-state index contributed by atoms with van der Waals surface area (Å²) in [7, 11) is -2.28. The van der Waals surface area contributed by atoms with Crippen LogP contribution in [-0.2, 0) is 10.0 Å². The highest BCUT2D eigenvalue weighted by Gasteiger charge is 2.28. The first-order valence-corrected chi connectivity index (χ1v) is 7.71. The third-order valence-electron chi connectivity index (χ3n) is 3.33. The van der Waals surface area contributed by atoms with Gasteiger partial charge in [-0.1, -0.05) is 13.8 Å². The van der Waals surface area contributed by atoms with Gasteiger partial charge in [-0.3, -0.25) is 10.1 Å².